The first-order valence-electron chi connectivity index (χ1n) is 8.72. The molecule has 3 rings (SSSR count). The molecule has 3 N–H and O–H groups in total. The summed E-state index contributed by atoms with van der Waals surface area (Å²) in [6, 6.07) is 6.24. The Morgan fingerprint density at radius 3 is 2.55 bits per heavy atom. The Balaban J connectivity index is 2.00. The highest BCUT2D eigenvalue weighted by Gasteiger charge is 2.24. The highest BCUT2D eigenvalue weighted by atomic mass is 79.9. The second-order valence-corrected chi connectivity index (χ2v) is 7.99. The Morgan fingerprint density at radius 1 is 1.13 bits per heavy atom. The van der Waals surface area contributed by atoms with Gasteiger partial charge in [0, 0.05) is 18.1 Å². The number of halogens is 3. The molecule has 0 atom stereocenters. The van der Waals surface area contributed by atoms with E-state index in [1.54, 1.807) is 25.1 Å². The number of aryl methyl sites for hydroxylation is 1. The van der Waals surface area contributed by atoms with Crippen LogP contribution in [0.15, 0.2) is 41.1 Å². The monoisotopic (exact) mass is 524 g/mol. The molecule has 0 saturated heterocycles. The van der Waals surface area contributed by atoms with E-state index in [2.05, 4.69) is 42.2 Å². The third kappa shape index (κ3) is 5.04. The first-order valence-corrected chi connectivity index (χ1v) is 10.3. The number of nitrogens with one attached hydrogen (secondary N) is 3. The van der Waals surface area contributed by atoms with Crippen molar-refractivity contribution in [1.82, 2.24) is 25.6 Å². The summed E-state index contributed by atoms with van der Waals surface area (Å²) in [6.45, 7) is 2.92. The van der Waals surface area contributed by atoms with Gasteiger partial charge in [-0.3, -0.25) is 25.2 Å². The van der Waals surface area contributed by atoms with Crippen molar-refractivity contribution in [3.05, 3.63) is 68.0 Å². The largest absolute Gasteiger partial charge is 0.320 e. The summed E-state index contributed by atoms with van der Waals surface area (Å²) in [5.74, 6) is -1.43. The molecule has 12 heteroatoms. The van der Waals surface area contributed by atoms with Crippen LogP contribution in [0.25, 0.3) is 5.82 Å². The third-order valence-electron chi connectivity index (χ3n) is 4.01. The molecule has 0 bridgehead atoms. The second-order valence-electron chi connectivity index (χ2n) is 6.30. The van der Waals surface area contributed by atoms with Crippen LogP contribution in [0.5, 0.6) is 0 Å². The molecule has 160 valence electrons. The molecule has 0 saturated carbocycles. The molecule has 2 aromatic heterocycles. The lowest BCUT2D eigenvalue weighted by molar-refractivity contribution is -0.119. The molecule has 2 heterocycles. The zero-order valence-electron chi connectivity index (χ0n) is 16.2. The summed E-state index contributed by atoms with van der Waals surface area (Å²) in [5.41, 5.74) is 5.37. The van der Waals surface area contributed by atoms with Gasteiger partial charge in [-0.1, -0.05) is 23.2 Å². The Hall–Kier alpha value is -2.95. The Bertz CT molecular complexity index is 1200. The van der Waals surface area contributed by atoms with Gasteiger partial charge in [-0.25, -0.2) is 9.67 Å². The maximum absolute atomic E-state index is 13.2. The van der Waals surface area contributed by atoms with E-state index < -0.39 is 17.7 Å². The maximum atomic E-state index is 13.2. The number of carbonyl (C=O) groups excluding carboxylic acids is 3. The zero-order valence-corrected chi connectivity index (χ0v) is 19.3. The van der Waals surface area contributed by atoms with Crippen LogP contribution in [0.1, 0.15) is 33.3 Å². The minimum absolute atomic E-state index is 0.0603. The maximum Gasteiger partial charge on any atom is 0.275 e. The number of benzene rings is 1. The lowest BCUT2D eigenvalue weighted by Crippen LogP contribution is -2.40. The van der Waals surface area contributed by atoms with E-state index >= 15 is 0 Å². The van der Waals surface area contributed by atoms with Crippen molar-refractivity contribution in [3.8, 4) is 5.82 Å². The molecule has 0 aliphatic carbocycles. The quantitative estimate of drug-likeness (QED) is 0.449. The fraction of sp³-hybridized carbons (Fsp3) is 0.105. The van der Waals surface area contributed by atoms with Gasteiger partial charge in [-0.15, -0.1) is 0 Å². The van der Waals surface area contributed by atoms with Crippen molar-refractivity contribution in [2.45, 2.75) is 13.8 Å². The predicted molar refractivity (Wildman–Crippen MR) is 119 cm³/mol. The van der Waals surface area contributed by atoms with Gasteiger partial charge in [0.2, 0.25) is 5.91 Å². The van der Waals surface area contributed by atoms with Gasteiger partial charge in [-0.05, 0) is 52.7 Å². The van der Waals surface area contributed by atoms with Gasteiger partial charge >= 0.3 is 0 Å². The van der Waals surface area contributed by atoms with E-state index in [9.17, 15) is 14.4 Å². The molecule has 3 amide bonds. The summed E-state index contributed by atoms with van der Waals surface area (Å²) in [4.78, 5) is 41.0. The number of pyridine rings is 1. The molecule has 3 aromatic rings. The minimum atomic E-state index is -0.656. The van der Waals surface area contributed by atoms with Gasteiger partial charge in [0.1, 0.15) is 5.69 Å². The Kier molecular flexibility index (Phi) is 6.94. The summed E-state index contributed by atoms with van der Waals surface area (Å²) < 4.78 is 1.67. The van der Waals surface area contributed by atoms with Crippen LogP contribution in [0, 0.1) is 6.92 Å². The van der Waals surface area contributed by atoms with Gasteiger partial charge in [0.05, 0.1) is 26.9 Å². The lowest BCUT2D eigenvalue weighted by atomic mass is 10.1. The van der Waals surface area contributed by atoms with Gasteiger partial charge < -0.3 is 5.32 Å². The number of hydrazine groups is 1. The Labute approximate surface area is 195 Å². The minimum Gasteiger partial charge on any atom is -0.320 e. The molecular formula is C19H15BrCl2N6O3. The fourth-order valence-corrected chi connectivity index (χ4v) is 3.61. The van der Waals surface area contributed by atoms with Crippen molar-refractivity contribution >= 4 is 62.5 Å². The summed E-state index contributed by atoms with van der Waals surface area (Å²) in [6.07, 6.45) is 2.95. The summed E-state index contributed by atoms with van der Waals surface area (Å²) in [7, 11) is 0. The Morgan fingerprint density at radius 2 is 1.87 bits per heavy atom. The van der Waals surface area contributed by atoms with E-state index in [0.29, 0.717) is 15.1 Å². The van der Waals surface area contributed by atoms with Crippen LogP contribution in [0.2, 0.25) is 10.0 Å². The van der Waals surface area contributed by atoms with E-state index in [1.165, 1.54) is 30.1 Å². The second kappa shape index (κ2) is 9.46. The van der Waals surface area contributed by atoms with Crippen LogP contribution in [-0.4, -0.2) is 32.5 Å². The number of aromatic nitrogens is 3. The van der Waals surface area contributed by atoms with Crippen LogP contribution < -0.4 is 16.2 Å². The molecule has 0 unspecified atom stereocenters. The number of amides is 3. The van der Waals surface area contributed by atoms with Crippen molar-refractivity contribution in [3.63, 3.8) is 0 Å². The molecule has 0 aliphatic heterocycles. The van der Waals surface area contributed by atoms with Crippen molar-refractivity contribution in [2.75, 3.05) is 5.32 Å². The number of nitrogens with zero attached hydrogens (tertiary/aromatic N) is 3. The van der Waals surface area contributed by atoms with Gasteiger partial charge in [0.25, 0.3) is 11.8 Å². The molecule has 9 nitrogen and oxygen atoms in total. The number of rotatable bonds is 4. The van der Waals surface area contributed by atoms with Crippen LogP contribution >= 0.6 is 39.1 Å². The SMILES string of the molecule is CC(=O)NNC(=O)c1cc(Cl)cc(C)c1NC(=O)c1c(Br)cnn1-c1ncccc1Cl. The average Bonchev–Trinajstić information content (AvgIpc) is 3.09. The average molecular weight is 526 g/mol. The molecule has 1 aromatic carbocycles. The van der Waals surface area contributed by atoms with E-state index in [-0.39, 0.29) is 27.8 Å². The highest BCUT2D eigenvalue weighted by Crippen LogP contribution is 2.28. The standard InChI is InChI=1S/C19H15BrCl2N6O3/c1-9-6-11(21)7-12(18(30)27-26-10(2)29)15(9)25-19(31)16-13(20)8-24-28(16)17-14(22)4-3-5-23-17/h3-8H,1-2H3,(H,25,31)(H,26,29)(H,27,30). The van der Waals surface area contributed by atoms with E-state index in [4.69, 9.17) is 23.2 Å². The number of carbonyl (C=O) groups is 3. The van der Waals surface area contributed by atoms with Crippen molar-refractivity contribution < 1.29 is 14.4 Å². The molecule has 0 spiro atoms. The normalized spacial score (nSPS) is 10.5. The van der Waals surface area contributed by atoms with Gasteiger partial charge in [0.15, 0.2) is 5.82 Å². The summed E-state index contributed by atoms with van der Waals surface area (Å²) in [5, 5.41) is 7.46. The molecule has 31 heavy (non-hydrogen) atoms. The summed E-state index contributed by atoms with van der Waals surface area (Å²) >= 11 is 15.6. The number of hydrogen-bond donors (Lipinski definition) is 3. The lowest BCUT2D eigenvalue weighted by Gasteiger charge is -2.15. The number of anilines is 1. The topological polar surface area (TPSA) is 118 Å². The smallest absolute Gasteiger partial charge is 0.275 e. The molecule has 0 aliphatic rings. The fourth-order valence-electron chi connectivity index (χ4n) is 2.70. The van der Waals surface area contributed by atoms with Crippen LogP contribution in [0.3, 0.4) is 0 Å². The van der Waals surface area contributed by atoms with Crippen LogP contribution in [0.4, 0.5) is 5.69 Å². The van der Waals surface area contributed by atoms with Crippen molar-refractivity contribution in [1.29, 1.82) is 0 Å². The van der Waals surface area contributed by atoms with Crippen LogP contribution in [-0.2, 0) is 4.79 Å². The number of hydrogen-bond acceptors (Lipinski definition) is 5. The highest BCUT2D eigenvalue weighted by molar-refractivity contribution is 9.10. The first-order chi connectivity index (χ1) is 14.7. The zero-order chi connectivity index (χ0) is 22.7. The third-order valence-corrected chi connectivity index (χ3v) is 5.11. The van der Waals surface area contributed by atoms with E-state index in [1.807, 2.05) is 0 Å². The predicted octanol–water partition coefficient (Wildman–Crippen LogP) is 3.68. The molecule has 0 radical (unpaired) electrons. The molecule has 0 fully saturated rings. The van der Waals surface area contributed by atoms with Crippen molar-refractivity contribution in [2.24, 2.45) is 0 Å². The molecular weight excluding hydrogens is 511 g/mol. The van der Waals surface area contributed by atoms with E-state index in [0.717, 1.165) is 0 Å². The first kappa shape index (κ1) is 22.7. The van der Waals surface area contributed by atoms with Gasteiger partial charge in [-0.2, -0.15) is 5.10 Å².